The number of nitrogens with one attached hydrogen (secondary N) is 1. The van der Waals surface area contributed by atoms with Crippen molar-refractivity contribution in [1.29, 1.82) is 0 Å². The minimum absolute atomic E-state index is 0.466. The van der Waals surface area contributed by atoms with E-state index in [0.29, 0.717) is 29.1 Å². The molecule has 2 aromatic rings. The molecule has 0 unspecified atom stereocenters. The van der Waals surface area contributed by atoms with Crippen LogP contribution in [0, 0.1) is 12.8 Å². The van der Waals surface area contributed by atoms with E-state index in [1.54, 1.807) is 18.5 Å². The molecule has 0 aliphatic carbocycles. The number of aryl methyl sites for hydroxylation is 1. The summed E-state index contributed by atoms with van der Waals surface area (Å²) in [5.74, 6) is 1.78. The molecule has 112 valence electrons. The van der Waals surface area contributed by atoms with Crippen molar-refractivity contribution in [2.75, 3.05) is 6.54 Å². The molecule has 0 bridgehead atoms. The van der Waals surface area contributed by atoms with Gasteiger partial charge in [0.25, 0.3) is 0 Å². The highest BCUT2D eigenvalue weighted by molar-refractivity contribution is 6.30. The predicted octanol–water partition coefficient (Wildman–Crippen LogP) is 3.98. The molecule has 0 saturated carbocycles. The number of hydrogen-bond acceptors (Lipinski definition) is 4. The van der Waals surface area contributed by atoms with Crippen LogP contribution in [-0.4, -0.2) is 16.5 Å². The summed E-state index contributed by atoms with van der Waals surface area (Å²) in [5.41, 5.74) is 1.90. The lowest BCUT2D eigenvalue weighted by molar-refractivity contribution is 0.455. The molecule has 1 aromatic heterocycles. The van der Waals surface area contributed by atoms with Crippen LogP contribution in [0.15, 0.2) is 30.6 Å². The molecule has 0 amide bonds. The first-order valence-corrected chi connectivity index (χ1v) is 7.38. The van der Waals surface area contributed by atoms with Gasteiger partial charge in [-0.05, 0) is 37.1 Å². The highest BCUT2D eigenvalue weighted by Crippen LogP contribution is 2.26. The molecule has 0 atom stereocenters. The summed E-state index contributed by atoms with van der Waals surface area (Å²) in [7, 11) is 0. The molecule has 2 rings (SSSR count). The Morgan fingerprint density at radius 3 is 2.71 bits per heavy atom. The van der Waals surface area contributed by atoms with E-state index in [1.165, 1.54) is 0 Å². The molecule has 0 saturated heterocycles. The van der Waals surface area contributed by atoms with E-state index in [0.717, 1.165) is 17.8 Å². The third-order valence-corrected chi connectivity index (χ3v) is 3.14. The van der Waals surface area contributed by atoms with Crippen molar-refractivity contribution in [2.24, 2.45) is 5.92 Å². The summed E-state index contributed by atoms with van der Waals surface area (Å²) >= 11 is 5.97. The van der Waals surface area contributed by atoms with Gasteiger partial charge < -0.3 is 10.1 Å². The van der Waals surface area contributed by atoms with Crippen LogP contribution in [0.1, 0.15) is 25.1 Å². The molecule has 0 spiro atoms. The van der Waals surface area contributed by atoms with Gasteiger partial charge in [-0.2, -0.15) is 0 Å². The zero-order valence-corrected chi connectivity index (χ0v) is 13.3. The van der Waals surface area contributed by atoms with E-state index in [1.807, 2.05) is 19.1 Å². The van der Waals surface area contributed by atoms with E-state index < -0.39 is 0 Å². The van der Waals surface area contributed by atoms with Crippen molar-refractivity contribution in [2.45, 2.75) is 27.3 Å². The fraction of sp³-hybridized carbons (Fsp3) is 0.375. The lowest BCUT2D eigenvalue weighted by atomic mass is 10.2. The monoisotopic (exact) mass is 305 g/mol. The lowest BCUT2D eigenvalue weighted by Gasteiger charge is -2.09. The number of benzene rings is 1. The average Bonchev–Trinajstić information content (AvgIpc) is 2.44. The molecule has 0 aliphatic heterocycles. The lowest BCUT2D eigenvalue weighted by Crippen LogP contribution is -2.19. The van der Waals surface area contributed by atoms with Gasteiger partial charge in [-0.1, -0.05) is 31.5 Å². The highest BCUT2D eigenvalue weighted by Gasteiger charge is 2.05. The minimum Gasteiger partial charge on any atom is -0.437 e. The number of halogens is 1. The molecule has 5 heteroatoms. The van der Waals surface area contributed by atoms with Crippen LogP contribution in [0.25, 0.3) is 0 Å². The molecule has 4 nitrogen and oxygen atoms in total. The predicted molar refractivity (Wildman–Crippen MR) is 84.8 cm³/mol. The van der Waals surface area contributed by atoms with Crippen molar-refractivity contribution in [1.82, 2.24) is 15.3 Å². The summed E-state index contributed by atoms with van der Waals surface area (Å²) in [4.78, 5) is 8.62. The van der Waals surface area contributed by atoms with Gasteiger partial charge in [0.15, 0.2) is 0 Å². The van der Waals surface area contributed by atoms with Crippen molar-refractivity contribution < 1.29 is 4.74 Å². The second-order valence-electron chi connectivity index (χ2n) is 5.38. The Labute approximate surface area is 130 Å². The SMILES string of the molecule is Cc1ccc(Cl)cc1Oc1cnc(CNCC(C)C)cn1. The van der Waals surface area contributed by atoms with Gasteiger partial charge in [0, 0.05) is 11.6 Å². The smallest absolute Gasteiger partial charge is 0.237 e. The molecule has 0 fully saturated rings. The van der Waals surface area contributed by atoms with Crippen molar-refractivity contribution in [3.05, 3.63) is 46.9 Å². The normalized spacial score (nSPS) is 10.9. The fourth-order valence-corrected chi connectivity index (χ4v) is 1.93. The highest BCUT2D eigenvalue weighted by atomic mass is 35.5. The molecule has 0 aliphatic rings. The van der Waals surface area contributed by atoms with Crippen LogP contribution < -0.4 is 10.1 Å². The number of nitrogens with zero attached hydrogens (tertiary/aromatic N) is 2. The van der Waals surface area contributed by atoms with E-state index in [9.17, 15) is 0 Å². The maximum Gasteiger partial charge on any atom is 0.237 e. The minimum atomic E-state index is 0.466. The Morgan fingerprint density at radius 1 is 1.24 bits per heavy atom. The Morgan fingerprint density at radius 2 is 2.05 bits per heavy atom. The zero-order chi connectivity index (χ0) is 15.2. The third-order valence-electron chi connectivity index (χ3n) is 2.91. The van der Waals surface area contributed by atoms with Crippen molar-refractivity contribution in [3.8, 4) is 11.6 Å². The van der Waals surface area contributed by atoms with Gasteiger partial charge in [-0.3, -0.25) is 4.98 Å². The first-order chi connectivity index (χ1) is 10.0. The van der Waals surface area contributed by atoms with Gasteiger partial charge >= 0.3 is 0 Å². The van der Waals surface area contributed by atoms with Gasteiger partial charge in [-0.25, -0.2) is 4.98 Å². The summed E-state index contributed by atoms with van der Waals surface area (Å²) in [6.07, 6.45) is 3.36. The van der Waals surface area contributed by atoms with E-state index in [2.05, 4.69) is 29.1 Å². The second kappa shape index (κ2) is 7.38. The molecular formula is C16H20ClN3O. The number of ether oxygens (including phenoxy) is 1. The van der Waals surface area contributed by atoms with Crippen molar-refractivity contribution in [3.63, 3.8) is 0 Å². The summed E-state index contributed by atoms with van der Waals surface area (Å²) < 4.78 is 5.71. The number of hydrogen-bond donors (Lipinski definition) is 1. The Kier molecular flexibility index (Phi) is 5.53. The molecule has 1 aromatic carbocycles. The van der Waals surface area contributed by atoms with Crippen LogP contribution >= 0.6 is 11.6 Å². The molecule has 1 N–H and O–H groups in total. The van der Waals surface area contributed by atoms with Gasteiger partial charge in [0.2, 0.25) is 5.88 Å². The van der Waals surface area contributed by atoms with Crippen molar-refractivity contribution >= 4 is 11.6 Å². The van der Waals surface area contributed by atoms with E-state index in [-0.39, 0.29) is 0 Å². The van der Waals surface area contributed by atoms with Crippen LogP contribution in [0.3, 0.4) is 0 Å². The first-order valence-electron chi connectivity index (χ1n) is 7.00. The molecule has 0 radical (unpaired) electrons. The van der Waals surface area contributed by atoms with Gasteiger partial charge in [0.05, 0.1) is 18.1 Å². The first kappa shape index (κ1) is 15.7. The van der Waals surface area contributed by atoms with E-state index in [4.69, 9.17) is 16.3 Å². The largest absolute Gasteiger partial charge is 0.437 e. The van der Waals surface area contributed by atoms with Crippen LogP contribution in [0.2, 0.25) is 5.02 Å². The van der Waals surface area contributed by atoms with Crippen LogP contribution in [-0.2, 0) is 6.54 Å². The number of rotatable bonds is 6. The Bertz CT molecular complexity index is 585. The number of aromatic nitrogens is 2. The molecule has 21 heavy (non-hydrogen) atoms. The maximum atomic E-state index is 5.97. The second-order valence-corrected chi connectivity index (χ2v) is 5.82. The Balaban J connectivity index is 1.97. The van der Waals surface area contributed by atoms with Gasteiger partial charge in [0.1, 0.15) is 5.75 Å². The van der Waals surface area contributed by atoms with Gasteiger partial charge in [-0.15, -0.1) is 0 Å². The standard InChI is InChI=1S/C16H20ClN3O/c1-11(2)7-18-8-14-9-20-16(10-19-14)21-15-6-13(17)5-4-12(15)3/h4-6,9-11,18H,7-8H2,1-3H3. The van der Waals surface area contributed by atoms with Crippen LogP contribution in [0.4, 0.5) is 0 Å². The Hall–Kier alpha value is -1.65. The quantitative estimate of drug-likeness (QED) is 0.877. The zero-order valence-electron chi connectivity index (χ0n) is 12.6. The fourth-order valence-electron chi connectivity index (χ4n) is 1.77. The van der Waals surface area contributed by atoms with Crippen LogP contribution in [0.5, 0.6) is 11.6 Å². The summed E-state index contributed by atoms with van der Waals surface area (Å²) in [6, 6.07) is 5.52. The topological polar surface area (TPSA) is 47.0 Å². The molecular weight excluding hydrogens is 286 g/mol. The third kappa shape index (κ3) is 4.99. The van der Waals surface area contributed by atoms with E-state index >= 15 is 0 Å². The average molecular weight is 306 g/mol. The maximum absolute atomic E-state index is 5.97. The molecule has 1 heterocycles. The summed E-state index contributed by atoms with van der Waals surface area (Å²) in [6.45, 7) is 7.97. The summed E-state index contributed by atoms with van der Waals surface area (Å²) in [5, 5.41) is 3.96.